The fourth-order valence-corrected chi connectivity index (χ4v) is 6.57. The molecule has 1 aliphatic heterocycles. The monoisotopic (exact) mass is 557 g/mol. The first-order chi connectivity index (χ1) is 16.3. The number of sulfone groups is 1. The first kappa shape index (κ1) is 27.8. The molecular weight excluding hydrogens is 529 g/mol. The molecule has 1 aromatic heterocycles. The van der Waals surface area contributed by atoms with Crippen LogP contribution in [-0.4, -0.2) is 69.4 Å². The van der Waals surface area contributed by atoms with Gasteiger partial charge in [-0.1, -0.05) is 42.0 Å². The molecular formula is C24H29Cl2N3O4S2. The van der Waals surface area contributed by atoms with E-state index in [4.69, 9.17) is 21.3 Å². The van der Waals surface area contributed by atoms with Gasteiger partial charge in [-0.15, -0.1) is 12.4 Å². The zero-order chi connectivity index (χ0) is 24.3. The Bertz CT molecular complexity index is 1290. The van der Waals surface area contributed by atoms with Crippen molar-refractivity contribution >= 4 is 66.4 Å². The van der Waals surface area contributed by atoms with Gasteiger partial charge in [-0.25, -0.2) is 13.4 Å². The number of morpholine rings is 1. The van der Waals surface area contributed by atoms with Gasteiger partial charge in [0.05, 0.1) is 39.6 Å². The molecule has 0 N–H and O–H groups in total. The quantitative estimate of drug-likeness (QED) is 0.394. The maximum Gasteiger partial charge on any atom is 0.261 e. The van der Waals surface area contributed by atoms with Gasteiger partial charge in [0, 0.05) is 31.2 Å². The number of aryl methyl sites for hydroxylation is 1. The summed E-state index contributed by atoms with van der Waals surface area (Å²) in [5, 5.41) is 1.15. The van der Waals surface area contributed by atoms with Crippen molar-refractivity contribution in [3.05, 3.63) is 52.5 Å². The molecule has 1 aliphatic rings. The van der Waals surface area contributed by atoms with Crippen LogP contribution in [0.5, 0.6) is 0 Å². The van der Waals surface area contributed by atoms with Gasteiger partial charge in [0.15, 0.2) is 15.0 Å². The smallest absolute Gasteiger partial charge is 0.261 e. The van der Waals surface area contributed by atoms with Gasteiger partial charge in [0.25, 0.3) is 5.91 Å². The van der Waals surface area contributed by atoms with Crippen molar-refractivity contribution in [2.24, 2.45) is 0 Å². The number of benzene rings is 2. The van der Waals surface area contributed by atoms with Crippen molar-refractivity contribution in [3.8, 4) is 0 Å². The molecule has 0 unspecified atom stereocenters. The van der Waals surface area contributed by atoms with Crippen molar-refractivity contribution < 1.29 is 17.9 Å². The highest BCUT2D eigenvalue weighted by molar-refractivity contribution is 7.91. The number of nitrogens with zero attached hydrogens (tertiary/aromatic N) is 3. The Morgan fingerprint density at radius 3 is 2.66 bits per heavy atom. The minimum absolute atomic E-state index is 0. The molecule has 0 radical (unpaired) electrons. The van der Waals surface area contributed by atoms with E-state index in [2.05, 4.69) is 4.90 Å². The van der Waals surface area contributed by atoms with Crippen LogP contribution in [0.25, 0.3) is 10.2 Å². The number of rotatable bonds is 8. The van der Waals surface area contributed by atoms with E-state index in [1.54, 1.807) is 30.0 Å². The fourth-order valence-electron chi connectivity index (χ4n) is 4.03. The summed E-state index contributed by atoms with van der Waals surface area (Å²) in [6, 6.07) is 10.1. The van der Waals surface area contributed by atoms with Crippen LogP contribution in [-0.2, 0) is 14.6 Å². The number of carbonyl (C=O) groups is 1. The second-order valence-corrected chi connectivity index (χ2v) is 11.9. The van der Waals surface area contributed by atoms with E-state index >= 15 is 0 Å². The van der Waals surface area contributed by atoms with Crippen molar-refractivity contribution in [2.75, 3.05) is 50.0 Å². The van der Waals surface area contributed by atoms with Crippen molar-refractivity contribution in [1.29, 1.82) is 0 Å². The predicted octanol–water partition coefficient (Wildman–Crippen LogP) is 4.84. The molecule has 35 heavy (non-hydrogen) atoms. The second-order valence-electron chi connectivity index (χ2n) is 8.23. The van der Waals surface area contributed by atoms with E-state index in [1.165, 1.54) is 17.4 Å². The third-order valence-corrected chi connectivity index (χ3v) is 8.94. The second kappa shape index (κ2) is 12.0. The van der Waals surface area contributed by atoms with Crippen LogP contribution in [0, 0.1) is 6.92 Å². The molecule has 11 heteroatoms. The van der Waals surface area contributed by atoms with Gasteiger partial charge in [-0.3, -0.25) is 14.6 Å². The highest BCUT2D eigenvalue weighted by atomic mass is 35.5. The number of halogens is 2. The van der Waals surface area contributed by atoms with Crippen LogP contribution in [0.4, 0.5) is 5.13 Å². The Morgan fingerprint density at radius 1 is 1.23 bits per heavy atom. The SMILES string of the molecule is CCS(=O)(=O)c1ccccc1C(=O)N(CCCN1CCOCC1)c1nc2c(C)cc(Cl)cc2s1.Cl. The van der Waals surface area contributed by atoms with Crippen molar-refractivity contribution in [3.63, 3.8) is 0 Å². The highest BCUT2D eigenvalue weighted by Crippen LogP contribution is 2.34. The molecule has 2 heterocycles. The Hall–Kier alpha value is -1.75. The first-order valence-corrected chi connectivity index (χ1v) is 14.2. The lowest BCUT2D eigenvalue weighted by Gasteiger charge is -2.28. The van der Waals surface area contributed by atoms with Gasteiger partial charge in [-0.2, -0.15) is 0 Å². The minimum Gasteiger partial charge on any atom is -0.379 e. The topological polar surface area (TPSA) is 79.8 Å². The predicted molar refractivity (Wildman–Crippen MR) is 144 cm³/mol. The first-order valence-electron chi connectivity index (χ1n) is 11.3. The van der Waals surface area contributed by atoms with Gasteiger partial charge >= 0.3 is 0 Å². The molecule has 1 saturated heterocycles. The molecule has 0 saturated carbocycles. The lowest BCUT2D eigenvalue weighted by Crippen LogP contribution is -2.39. The zero-order valence-corrected chi connectivity index (χ0v) is 22.9. The number of aromatic nitrogens is 1. The summed E-state index contributed by atoms with van der Waals surface area (Å²) in [6.45, 7) is 7.91. The van der Waals surface area contributed by atoms with Crippen LogP contribution < -0.4 is 4.90 Å². The molecule has 0 spiro atoms. The maximum absolute atomic E-state index is 13.8. The lowest BCUT2D eigenvalue weighted by molar-refractivity contribution is 0.0376. The van der Waals surface area contributed by atoms with E-state index < -0.39 is 9.84 Å². The van der Waals surface area contributed by atoms with Crippen LogP contribution in [0.2, 0.25) is 5.02 Å². The highest BCUT2D eigenvalue weighted by Gasteiger charge is 2.27. The fraction of sp³-hybridized carbons (Fsp3) is 0.417. The number of ether oxygens (including phenoxy) is 1. The number of amides is 1. The molecule has 1 amide bonds. The van der Waals surface area contributed by atoms with Crippen molar-refractivity contribution in [1.82, 2.24) is 9.88 Å². The average molecular weight is 559 g/mol. The summed E-state index contributed by atoms with van der Waals surface area (Å²) < 4.78 is 31.7. The Morgan fingerprint density at radius 2 is 1.94 bits per heavy atom. The van der Waals surface area contributed by atoms with E-state index in [-0.39, 0.29) is 34.5 Å². The van der Waals surface area contributed by atoms with E-state index in [1.807, 2.05) is 19.1 Å². The third-order valence-electron chi connectivity index (χ3n) is 5.91. The summed E-state index contributed by atoms with van der Waals surface area (Å²) in [7, 11) is -3.57. The normalized spacial score (nSPS) is 14.6. The number of thiazole rings is 1. The standard InChI is InChI=1S/C24H28ClN3O4S2.ClH/c1-3-34(30,31)21-8-5-4-7-19(21)23(29)28(10-6-9-27-11-13-32-14-12-27)24-26-22-17(2)15-18(25)16-20(22)33-24;/h4-5,7-8,15-16H,3,6,9-14H2,1-2H3;1H. The molecule has 4 rings (SSSR count). The van der Waals surface area contributed by atoms with Crippen LogP contribution in [0.3, 0.4) is 0 Å². The van der Waals surface area contributed by atoms with Crippen LogP contribution in [0.15, 0.2) is 41.3 Å². The lowest BCUT2D eigenvalue weighted by atomic mass is 10.2. The zero-order valence-electron chi connectivity index (χ0n) is 19.7. The Labute approximate surface area is 221 Å². The summed E-state index contributed by atoms with van der Waals surface area (Å²) in [5.74, 6) is -0.440. The minimum atomic E-state index is -3.57. The average Bonchev–Trinajstić information content (AvgIpc) is 3.26. The maximum atomic E-state index is 13.8. The number of carbonyl (C=O) groups excluding carboxylic acids is 1. The van der Waals surface area contributed by atoms with Gasteiger partial charge < -0.3 is 4.74 Å². The van der Waals surface area contributed by atoms with E-state index in [9.17, 15) is 13.2 Å². The molecule has 3 aromatic rings. The summed E-state index contributed by atoms with van der Waals surface area (Å²) in [4.78, 5) is 22.5. The van der Waals surface area contributed by atoms with Crippen LogP contribution >= 0.6 is 35.3 Å². The van der Waals surface area contributed by atoms with E-state index in [0.717, 1.165) is 41.8 Å². The number of hydrogen-bond acceptors (Lipinski definition) is 7. The molecule has 7 nitrogen and oxygen atoms in total. The Kier molecular flexibility index (Phi) is 9.53. The summed E-state index contributed by atoms with van der Waals surface area (Å²) in [6.07, 6.45) is 0.726. The number of fused-ring (bicyclic) bond motifs is 1. The summed E-state index contributed by atoms with van der Waals surface area (Å²) >= 11 is 7.63. The van der Waals surface area contributed by atoms with Gasteiger partial charge in [-0.05, 0) is 43.2 Å². The number of anilines is 1. The van der Waals surface area contributed by atoms with Gasteiger partial charge in [0.2, 0.25) is 0 Å². The third kappa shape index (κ3) is 6.34. The van der Waals surface area contributed by atoms with E-state index in [0.29, 0.717) is 29.9 Å². The molecule has 0 atom stereocenters. The Balaban J connectivity index is 0.00000342. The van der Waals surface area contributed by atoms with Gasteiger partial charge in [0.1, 0.15) is 0 Å². The molecule has 1 fully saturated rings. The molecule has 0 bridgehead atoms. The summed E-state index contributed by atoms with van der Waals surface area (Å²) in [5.41, 5.74) is 1.90. The molecule has 0 aliphatic carbocycles. The number of hydrogen-bond donors (Lipinski definition) is 0. The largest absolute Gasteiger partial charge is 0.379 e. The molecule has 2 aromatic carbocycles. The van der Waals surface area contributed by atoms with Crippen molar-refractivity contribution in [2.45, 2.75) is 25.2 Å². The van der Waals surface area contributed by atoms with Crippen LogP contribution in [0.1, 0.15) is 29.3 Å². The molecule has 190 valence electrons.